The van der Waals surface area contributed by atoms with Crippen LogP contribution in [0.1, 0.15) is 100 Å². The molecule has 1 fully saturated rings. The van der Waals surface area contributed by atoms with Gasteiger partial charge in [0.1, 0.15) is 21.9 Å². The van der Waals surface area contributed by atoms with Crippen LogP contribution in [0.15, 0.2) is 24.4 Å². The number of likely N-dealkylation sites (tertiary alicyclic amines) is 1. The van der Waals surface area contributed by atoms with Crippen LogP contribution in [0, 0.1) is 11.8 Å². The fraction of sp³-hybridized carbons (Fsp3) is 0.625. The van der Waals surface area contributed by atoms with E-state index in [1.54, 1.807) is 58.2 Å². The number of methoxy groups -OCH3 is 3. The van der Waals surface area contributed by atoms with Crippen LogP contribution >= 0.6 is 11.3 Å². The summed E-state index contributed by atoms with van der Waals surface area (Å²) >= 11 is 1.35. The molecule has 2 aromatic rings. The second-order valence-corrected chi connectivity index (χ2v) is 14.5. The van der Waals surface area contributed by atoms with E-state index in [0.29, 0.717) is 22.9 Å². The SMILES string of the molecule is COCc1cnc([C@H]2[C@@H](C(=O)OC)C[C@@](CC(C)C)(C(=O)OC(C)(C)C)N2C(=O)c2ccc(C(C)(C)C)c(OC)c2)s1. The molecule has 0 unspecified atom stereocenters. The van der Waals surface area contributed by atoms with Crippen LogP contribution in [0.2, 0.25) is 0 Å². The molecule has 3 rings (SSSR count). The lowest BCUT2D eigenvalue weighted by atomic mass is 9.83. The first-order chi connectivity index (χ1) is 19.5. The standard InChI is InChI=1S/C32H46N2O7S/c1-19(2)15-32(29(37)41-31(6,7)8)16-22(28(36)40-11)25(26-33-17-21(42-26)18-38-9)34(32)27(35)20-12-13-23(30(3,4)5)24(14-20)39-10/h12-14,17,19,22,25H,15-16,18H2,1-11H3/t22-,25+,32-/m0/s1. The molecule has 1 aromatic carbocycles. The number of esters is 2. The number of benzene rings is 1. The second-order valence-electron chi connectivity index (χ2n) is 13.3. The third kappa shape index (κ3) is 6.97. The smallest absolute Gasteiger partial charge is 0.332 e. The Morgan fingerprint density at radius 3 is 2.29 bits per heavy atom. The summed E-state index contributed by atoms with van der Waals surface area (Å²) in [6.45, 7) is 15.9. The maximum Gasteiger partial charge on any atom is 0.332 e. The lowest BCUT2D eigenvalue weighted by molar-refractivity contribution is -0.168. The van der Waals surface area contributed by atoms with Gasteiger partial charge in [0.05, 0.1) is 37.7 Å². The Morgan fingerprint density at radius 1 is 1.10 bits per heavy atom. The van der Waals surface area contributed by atoms with Gasteiger partial charge in [-0.15, -0.1) is 11.3 Å². The van der Waals surface area contributed by atoms with Crippen LogP contribution in [-0.4, -0.2) is 60.2 Å². The Balaban J connectivity index is 2.33. The molecule has 42 heavy (non-hydrogen) atoms. The van der Waals surface area contributed by atoms with Gasteiger partial charge in [0.2, 0.25) is 0 Å². The lowest BCUT2D eigenvalue weighted by Crippen LogP contribution is -2.56. The molecule has 1 aliphatic heterocycles. The Morgan fingerprint density at radius 2 is 1.76 bits per heavy atom. The number of rotatable bonds is 9. The van der Waals surface area contributed by atoms with Crippen LogP contribution in [0.4, 0.5) is 0 Å². The Labute approximate surface area is 253 Å². The number of ether oxygens (including phenoxy) is 4. The molecule has 9 nitrogen and oxygen atoms in total. The highest BCUT2D eigenvalue weighted by Crippen LogP contribution is 2.52. The molecule has 1 saturated heterocycles. The fourth-order valence-electron chi connectivity index (χ4n) is 5.73. The highest BCUT2D eigenvalue weighted by Gasteiger charge is 2.63. The molecule has 232 valence electrons. The number of carbonyl (C=O) groups excluding carboxylic acids is 3. The van der Waals surface area contributed by atoms with Gasteiger partial charge in [0, 0.05) is 18.9 Å². The third-order valence-corrected chi connectivity index (χ3v) is 8.33. The van der Waals surface area contributed by atoms with Crippen molar-refractivity contribution in [2.45, 2.75) is 97.4 Å². The summed E-state index contributed by atoms with van der Waals surface area (Å²) in [7, 11) is 4.48. The molecular weight excluding hydrogens is 556 g/mol. The Hall–Kier alpha value is -2.98. The van der Waals surface area contributed by atoms with Gasteiger partial charge in [-0.05, 0) is 62.6 Å². The molecule has 1 aromatic heterocycles. The van der Waals surface area contributed by atoms with Gasteiger partial charge in [0.15, 0.2) is 0 Å². The molecule has 0 radical (unpaired) electrons. The summed E-state index contributed by atoms with van der Waals surface area (Å²) in [5.41, 5.74) is -1.22. The normalized spacial score (nSPS) is 21.0. The molecular formula is C32H46N2O7S. The van der Waals surface area contributed by atoms with Crippen molar-refractivity contribution in [3.05, 3.63) is 45.4 Å². The van der Waals surface area contributed by atoms with E-state index in [-0.39, 0.29) is 24.2 Å². The molecule has 1 amide bonds. The van der Waals surface area contributed by atoms with Gasteiger partial charge in [-0.2, -0.15) is 0 Å². The fourth-order valence-corrected chi connectivity index (χ4v) is 6.78. The highest BCUT2D eigenvalue weighted by atomic mass is 32.1. The number of hydrogen-bond donors (Lipinski definition) is 0. The largest absolute Gasteiger partial charge is 0.496 e. The molecule has 0 spiro atoms. The number of amides is 1. The summed E-state index contributed by atoms with van der Waals surface area (Å²) in [6.07, 6.45) is 2.00. The van der Waals surface area contributed by atoms with Crippen LogP contribution in [0.25, 0.3) is 0 Å². The predicted molar refractivity (Wildman–Crippen MR) is 162 cm³/mol. The first kappa shape index (κ1) is 33.5. The summed E-state index contributed by atoms with van der Waals surface area (Å²) in [6, 6.07) is 4.48. The molecule has 3 atom stereocenters. The molecule has 0 aliphatic carbocycles. The molecule has 0 bridgehead atoms. The van der Waals surface area contributed by atoms with Gasteiger partial charge in [-0.3, -0.25) is 9.59 Å². The van der Waals surface area contributed by atoms with Crippen molar-refractivity contribution < 1.29 is 33.3 Å². The zero-order valence-corrected chi connectivity index (χ0v) is 27.6. The van der Waals surface area contributed by atoms with Gasteiger partial charge in [-0.1, -0.05) is 40.7 Å². The van der Waals surface area contributed by atoms with E-state index in [1.165, 1.54) is 18.4 Å². The van der Waals surface area contributed by atoms with Crippen molar-refractivity contribution in [2.75, 3.05) is 21.3 Å². The average Bonchev–Trinajstić information content (AvgIpc) is 3.48. The summed E-state index contributed by atoms with van der Waals surface area (Å²) in [5, 5.41) is 0.526. The molecule has 10 heteroatoms. The minimum absolute atomic E-state index is 0.0111. The van der Waals surface area contributed by atoms with Crippen LogP contribution < -0.4 is 4.74 Å². The predicted octanol–water partition coefficient (Wildman–Crippen LogP) is 6.10. The van der Waals surface area contributed by atoms with Crippen molar-refractivity contribution in [1.82, 2.24) is 9.88 Å². The molecule has 2 heterocycles. The lowest BCUT2D eigenvalue weighted by Gasteiger charge is -2.41. The number of nitrogens with zero attached hydrogens (tertiary/aromatic N) is 2. The van der Waals surface area contributed by atoms with Crippen molar-refractivity contribution in [3.8, 4) is 5.75 Å². The Bertz CT molecular complexity index is 1290. The van der Waals surface area contributed by atoms with E-state index in [0.717, 1.165) is 10.4 Å². The zero-order valence-electron chi connectivity index (χ0n) is 26.8. The quantitative estimate of drug-likeness (QED) is 0.317. The van der Waals surface area contributed by atoms with E-state index in [9.17, 15) is 14.4 Å². The van der Waals surface area contributed by atoms with Gasteiger partial charge in [0.25, 0.3) is 5.91 Å². The Kier molecular flexibility index (Phi) is 10.1. The van der Waals surface area contributed by atoms with E-state index in [2.05, 4.69) is 25.8 Å². The van der Waals surface area contributed by atoms with Crippen molar-refractivity contribution in [2.24, 2.45) is 11.8 Å². The monoisotopic (exact) mass is 602 g/mol. The zero-order chi connectivity index (χ0) is 31.6. The van der Waals surface area contributed by atoms with Crippen LogP contribution in [0.5, 0.6) is 5.75 Å². The molecule has 1 aliphatic rings. The number of aromatic nitrogens is 1. The summed E-state index contributed by atoms with van der Waals surface area (Å²) in [4.78, 5) is 49.5. The number of hydrogen-bond acceptors (Lipinski definition) is 9. The van der Waals surface area contributed by atoms with Crippen LogP contribution in [0.3, 0.4) is 0 Å². The van der Waals surface area contributed by atoms with Crippen molar-refractivity contribution in [1.29, 1.82) is 0 Å². The van der Waals surface area contributed by atoms with Gasteiger partial charge < -0.3 is 23.8 Å². The maximum atomic E-state index is 14.8. The van der Waals surface area contributed by atoms with Crippen molar-refractivity contribution >= 4 is 29.2 Å². The second kappa shape index (κ2) is 12.7. The van der Waals surface area contributed by atoms with E-state index in [1.807, 2.05) is 19.9 Å². The number of thiazole rings is 1. The summed E-state index contributed by atoms with van der Waals surface area (Å²) in [5.74, 6) is -1.78. The van der Waals surface area contributed by atoms with E-state index < -0.39 is 40.9 Å². The van der Waals surface area contributed by atoms with E-state index in [4.69, 9.17) is 18.9 Å². The van der Waals surface area contributed by atoms with E-state index >= 15 is 0 Å². The minimum atomic E-state index is -1.45. The van der Waals surface area contributed by atoms with Crippen LogP contribution in [-0.2, 0) is 35.8 Å². The highest BCUT2D eigenvalue weighted by molar-refractivity contribution is 7.11. The molecule has 0 N–H and O–H groups in total. The average molecular weight is 603 g/mol. The maximum absolute atomic E-state index is 14.8. The third-order valence-electron chi connectivity index (χ3n) is 7.29. The first-order valence-corrected chi connectivity index (χ1v) is 15.1. The van der Waals surface area contributed by atoms with Crippen molar-refractivity contribution in [3.63, 3.8) is 0 Å². The van der Waals surface area contributed by atoms with Gasteiger partial charge >= 0.3 is 11.9 Å². The molecule has 0 saturated carbocycles. The van der Waals surface area contributed by atoms with Gasteiger partial charge in [-0.25, -0.2) is 9.78 Å². The summed E-state index contributed by atoms with van der Waals surface area (Å²) < 4.78 is 22.3. The first-order valence-electron chi connectivity index (χ1n) is 14.3. The topological polar surface area (TPSA) is 104 Å². The number of carbonyl (C=O) groups is 3. The minimum Gasteiger partial charge on any atom is -0.496 e.